The number of ether oxygens (including phenoxy) is 2. The molecule has 1 unspecified atom stereocenters. The molecule has 180 valence electrons. The highest BCUT2D eigenvalue weighted by atomic mass is 16.5. The Labute approximate surface area is 201 Å². The molecule has 1 aromatic carbocycles. The molecular formula is C26H27N5O4. The first-order valence-corrected chi connectivity index (χ1v) is 11.4. The molecule has 1 atom stereocenters. The Kier molecular flexibility index (Phi) is 5.86. The van der Waals surface area contributed by atoms with Crippen molar-refractivity contribution in [2.45, 2.75) is 33.4 Å². The number of imidazole rings is 1. The fourth-order valence-electron chi connectivity index (χ4n) is 4.72. The SMILES string of the molecule is COCCn1c(=O)n(C(C)c2ccccn2)c2c3cc(OC)c(-c4c(C)noc4C)cc3ncc21. The van der Waals surface area contributed by atoms with Crippen molar-refractivity contribution in [2.75, 3.05) is 20.8 Å². The van der Waals surface area contributed by atoms with Gasteiger partial charge in [-0.3, -0.25) is 19.1 Å². The number of benzene rings is 1. The summed E-state index contributed by atoms with van der Waals surface area (Å²) in [6.45, 7) is 6.57. The van der Waals surface area contributed by atoms with Gasteiger partial charge in [0.25, 0.3) is 0 Å². The quantitative estimate of drug-likeness (QED) is 0.348. The number of fused-ring (bicyclic) bond motifs is 3. The van der Waals surface area contributed by atoms with E-state index in [1.807, 2.05) is 51.1 Å². The standard InChI is InChI=1S/C26H27N5O4/c1-15-24(17(3)35-29-15)19-12-21-18(13-23(19)34-5)25-22(14-28-21)30(10-11-33-4)26(32)31(25)16(2)20-8-6-7-9-27-20/h6-9,12-14,16H,10-11H2,1-5H3. The topological polar surface area (TPSA) is 97.2 Å². The summed E-state index contributed by atoms with van der Waals surface area (Å²) in [7, 11) is 3.25. The minimum atomic E-state index is -0.297. The van der Waals surface area contributed by atoms with Gasteiger partial charge in [-0.05, 0) is 45.0 Å². The van der Waals surface area contributed by atoms with Crippen LogP contribution >= 0.6 is 0 Å². The van der Waals surface area contributed by atoms with Crippen molar-refractivity contribution < 1.29 is 14.0 Å². The van der Waals surface area contributed by atoms with Gasteiger partial charge in [0.1, 0.15) is 11.5 Å². The Hall–Kier alpha value is -3.98. The zero-order valence-electron chi connectivity index (χ0n) is 20.4. The van der Waals surface area contributed by atoms with Gasteiger partial charge < -0.3 is 14.0 Å². The van der Waals surface area contributed by atoms with Crippen LogP contribution in [0.4, 0.5) is 0 Å². The van der Waals surface area contributed by atoms with Crippen LogP contribution in [0, 0.1) is 13.8 Å². The van der Waals surface area contributed by atoms with E-state index in [0.29, 0.717) is 24.7 Å². The van der Waals surface area contributed by atoms with Crippen molar-refractivity contribution in [1.29, 1.82) is 0 Å². The number of methoxy groups -OCH3 is 2. The second-order valence-corrected chi connectivity index (χ2v) is 8.49. The van der Waals surface area contributed by atoms with Crippen LogP contribution in [-0.2, 0) is 11.3 Å². The molecule has 0 aliphatic carbocycles. The molecule has 0 aliphatic heterocycles. The number of hydrogen-bond donors (Lipinski definition) is 0. The summed E-state index contributed by atoms with van der Waals surface area (Å²) >= 11 is 0. The van der Waals surface area contributed by atoms with Gasteiger partial charge in [0, 0.05) is 24.3 Å². The number of aromatic nitrogens is 5. The van der Waals surface area contributed by atoms with E-state index >= 15 is 0 Å². The van der Waals surface area contributed by atoms with E-state index in [1.54, 1.807) is 35.7 Å². The van der Waals surface area contributed by atoms with E-state index in [0.717, 1.165) is 44.5 Å². The molecule has 5 rings (SSSR count). The Bertz CT molecular complexity index is 1560. The summed E-state index contributed by atoms with van der Waals surface area (Å²) < 4.78 is 20.0. The van der Waals surface area contributed by atoms with Crippen molar-refractivity contribution in [2.24, 2.45) is 0 Å². The van der Waals surface area contributed by atoms with Crippen LogP contribution in [0.15, 0.2) is 52.0 Å². The molecule has 0 aliphatic rings. The van der Waals surface area contributed by atoms with Crippen molar-refractivity contribution in [1.82, 2.24) is 24.3 Å². The van der Waals surface area contributed by atoms with Crippen molar-refractivity contribution in [3.8, 4) is 16.9 Å². The van der Waals surface area contributed by atoms with E-state index in [1.165, 1.54) is 0 Å². The number of hydrogen-bond acceptors (Lipinski definition) is 7. The molecule has 5 aromatic rings. The second-order valence-electron chi connectivity index (χ2n) is 8.49. The van der Waals surface area contributed by atoms with Gasteiger partial charge in [-0.1, -0.05) is 11.2 Å². The number of pyridine rings is 2. The fourth-order valence-corrected chi connectivity index (χ4v) is 4.72. The third-order valence-corrected chi connectivity index (χ3v) is 6.43. The highest BCUT2D eigenvalue weighted by Gasteiger charge is 2.24. The summed E-state index contributed by atoms with van der Waals surface area (Å²) in [4.78, 5) is 23.0. The zero-order chi connectivity index (χ0) is 24.7. The number of rotatable bonds is 7. The zero-order valence-corrected chi connectivity index (χ0v) is 20.4. The van der Waals surface area contributed by atoms with Crippen LogP contribution in [0.1, 0.15) is 30.1 Å². The van der Waals surface area contributed by atoms with Crippen LogP contribution < -0.4 is 10.4 Å². The predicted octanol–water partition coefficient (Wildman–Crippen LogP) is 4.28. The molecule has 0 saturated heterocycles. The molecule has 4 aromatic heterocycles. The highest BCUT2D eigenvalue weighted by molar-refractivity contribution is 6.05. The monoisotopic (exact) mass is 473 g/mol. The van der Waals surface area contributed by atoms with Crippen LogP contribution in [0.25, 0.3) is 33.1 Å². The maximum absolute atomic E-state index is 13.7. The minimum Gasteiger partial charge on any atom is -0.496 e. The normalized spacial score (nSPS) is 12.5. The molecule has 9 heteroatoms. The molecule has 0 amide bonds. The summed E-state index contributed by atoms with van der Waals surface area (Å²) in [5.74, 6) is 1.35. The maximum atomic E-state index is 13.7. The number of aryl methyl sites for hydroxylation is 2. The Morgan fingerprint density at radius 2 is 1.97 bits per heavy atom. The van der Waals surface area contributed by atoms with Gasteiger partial charge in [0.05, 0.1) is 66.0 Å². The van der Waals surface area contributed by atoms with Crippen LogP contribution in [0.5, 0.6) is 5.75 Å². The lowest BCUT2D eigenvalue weighted by Gasteiger charge is -2.15. The van der Waals surface area contributed by atoms with E-state index in [9.17, 15) is 4.79 Å². The van der Waals surface area contributed by atoms with Crippen molar-refractivity contribution >= 4 is 21.9 Å². The van der Waals surface area contributed by atoms with Gasteiger partial charge in [0.15, 0.2) is 0 Å². The van der Waals surface area contributed by atoms with Crippen molar-refractivity contribution in [3.63, 3.8) is 0 Å². The first-order chi connectivity index (χ1) is 17.0. The van der Waals surface area contributed by atoms with Crippen LogP contribution in [0.3, 0.4) is 0 Å². The molecule has 0 bridgehead atoms. The van der Waals surface area contributed by atoms with Crippen LogP contribution in [0.2, 0.25) is 0 Å². The smallest absolute Gasteiger partial charge is 0.329 e. The van der Waals surface area contributed by atoms with E-state index in [4.69, 9.17) is 19.0 Å². The summed E-state index contributed by atoms with van der Waals surface area (Å²) in [5, 5.41) is 4.90. The second kappa shape index (κ2) is 8.99. The average molecular weight is 474 g/mol. The van der Waals surface area contributed by atoms with E-state index in [-0.39, 0.29) is 11.7 Å². The first-order valence-electron chi connectivity index (χ1n) is 11.4. The third-order valence-electron chi connectivity index (χ3n) is 6.43. The summed E-state index contributed by atoms with van der Waals surface area (Å²) in [6, 6.07) is 9.32. The Balaban J connectivity index is 1.85. The molecule has 0 fully saturated rings. The largest absolute Gasteiger partial charge is 0.496 e. The molecule has 35 heavy (non-hydrogen) atoms. The lowest BCUT2D eigenvalue weighted by molar-refractivity contribution is 0.187. The summed E-state index contributed by atoms with van der Waals surface area (Å²) in [5.41, 5.74) is 5.39. The van der Waals surface area contributed by atoms with Crippen molar-refractivity contribution in [3.05, 3.63) is 70.4 Å². The van der Waals surface area contributed by atoms with Crippen LogP contribution in [-0.4, -0.2) is 45.1 Å². The lowest BCUT2D eigenvalue weighted by Crippen LogP contribution is -2.28. The molecule has 4 heterocycles. The van der Waals surface area contributed by atoms with Gasteiger partial charge in [0.2, 0.25) is 0 Å². The van der Waals surface area contributed by atoms with E-state index in [2.05, 4.69) is 10.1 Å². The average Bonchev–Trinajstić information content (AvgIpc) is 3.36. The molecule has 0 N–H and O–H groups in total. The Morgan fingerprint density at radius 3 is 2.63 bits per heavy atom. The maximum Gasteiger partial charge on any atom is 0.329 e. The predicted molar refractivity (Wildman–Crippen MR) is 133 cm³/mol. The molecule has 0 saturated carbocycles. The third kappa shape index (κ3) is 3.68. The molecule has 0 spiro atoms. The molecule has 9 nitrogen and oxygen atoms in total. The fraction of sp³-hybridized carbons (Fsp3) is 0.308. The van der Waals surface area contributed by atoms with Gasteiger partial charge in [-0.2, -0.15) is 0 Å². The minimum absolute atomic E-state index is 0.140. The van der Waals surface area contributed by atoms with Gasteiger partial charge >= 0.3 is 5.69 Å². The highest BCUT2D eigenvalue weighted by Crippen LogP contribution is 2.39. The molecular weight excluding hydrogens is 446 g/mol. The molecule has 0 radical (unpaired) electrons. The van der Waals surface area contributed by atoms with Gasteiger partial charge in [-0.15, -0.1) is 0 Å². The van der Waals surface area contributed by atoms with Gasteiger partial charge in [-0.25, -0.2) is 4.79 Å². The summed E-state index contributed by atoms with van der Waals surface area (Å²) in [6.07, 6.45) is 3.49. The van der Waals surface area contributed by atoms with E-state index < -0.39 is 0 Å². The lowest BCUT2D eigenvalue weighted by atomic mass is 10.00. The first kappa shape index (κ1) is 22.8. The Morgan fingerprint density at radius 1 is 1.14 bits per heavy atom. The number of nitrogens with zero attached hydrogens (tertiary/aromatic N) is 5.